The number of thioether (sulfide) groups is 1. The highest BCUT2D eigenvalue weighted by Crippen LogP contribution is 2.60. The SMILES string of the molecule is N#CC1=C(N2CCOCC2)C(OO)(C(=O)Nc2ccccc2)SC12CCCCC2. The third-order valence-electron chi connectivity index (χ3n) is 5.90. The Morgan fingerprint density at radius 3 is 2.52 bits per heavy atom. The number of nitrogens with one attached hydrogen (secondary N) is 1. The molecule has 8 heteroatoms. The van der Waals surface area contributed by atoms with Gasteiger partial charge in [0.15, 0.2) is 0 Å². The summed E-state index contributed by atoms with van der Waals surface area (Å²) in [5.41, 5.74) is 1.64. The van der Waals surface area contributed by atoms with Gasteiger partial charge < -0.3 is 15.0 Å². The normalized spacial score (nSPS) is 26.4. The Morgan fingerprint density at radius 2 is 1.90 bits per heavy atom. The first-order chi connectivity index (χ1) is 14.1. The molecule has 2 fully saturated rings. The van der Waals surface area contributed by atoms with E-state index in [9.17, 15) is 15.3 Å². The number of rotatable bonds is 4. The molecule has 1 spiro atoms. The fourth-order valence-corrected chi connectivity index (χ4v) is 6.33. The van der Waals surface area contributed by atoms with E-state index >= 15 is 0 Å². The van der Waals surface area contributed by atoms with E-state index in [1.807, 2.05) is 23.1 Å². The van der Waals surface area contributed by atoms with E-state index in [0.717, 1.165) is 32.1 Å². The van der Waals surface area contributed by atoms with Crippen LogP contribution >= 0.6 is 11.8 Å². The number of carbonyl (C=O) groups excluding carboxylic acids is 1. The number of benzene rings is 1. The van der Waals surface area contributed by atoms with Crippen LogP contribution < -0.4 is 5.32 Å². The maximum atomic E-state index is 13.5. The lowest BCUT2D eigenvalue weighted by atomic mass is 9.81. The first kappa shape index (κ1) is 20.2. The summed E-state index contributed by atoms with van der Waals surface area (Å²) in [5.74, 6) is -0.479. The van der Waals surface area contributed by atoms with Crippen LogP contribution in [0.1, 0.15) is 32.1 Å². The summed E-state index contributed by atoms with van der Waals surface area (Å²) in [6.45, 7) is 2.09. The van der Waals surface area contributed by atoms with Crippen LogP contribution in [0.2, 0.25) is 0 Å². The van der Waals surface area contributed by atoms with Crippen LogP contribution in [-0.4, -0.2) is 52.0 Å². The molecule has 0 bridgehead atoms. The number of morpholine rings is 1. The van der Waals surface area contributed by atoms with Crippen molar-refractivity contribution in [2.24, 2.45) is 0 Å². The third kappa shape index (κ3) is 3.53. The van der Waals surface area contributed by atoms with Crippen molar-refractivity contribution in [3.05, 3.63) is 41.6 Å². The van der Waals surface area contributed by atoms with E-state index in [0.29, 0.717) is 43.3 Å². The molecule has 29 heavy (non-hydrogen) atoms. The molecule has 1 saturated carbocycles. The monoisotopic (exact) mass is 415 g/mol. The highest BCUT2D eigenvalue weighted by molar-refractivity contribution is 8.03. The van der Waals surface area contributed by atoms with Crippen molar-refractivity contribution in [2.45, 2.75) is 41.8 Å². The number of anilines is 1. The average molecular weight is 416 g/mol. The molecule has 2 heterocycles. The molecular weight excluding hydrogens is 390 g/mol. The van der Waals surface area contributed by atoms with Crippen molar-refractivity contribution in [3.8, 4) is 6.07 Å². The van der Waals surface area contributed by atoms with Crippen molar-refractivity contribution >= 4 is 23.4 Å². The van der Waals surface area contributed by atoms with Gasteiger partial charge in [0.2, 0.25) is 0 Å². The molecule has 1 unspecified atom stereocenters. The third-order valence-corrected chi connectivity index (χ3v) is 7.65. The first-order valence-corrected chi connectivity index (χ1v) is 10.8. The van der Waals surface area contributed by atoms with Gasteiger partial charge in [-0.25, -0.2) is 10.1 Å². The Morgan fingerprint density at radius 1 is 1.21 bits per heavy atom. The molecule has 1 amide bonds. The summed E-state index contributed by atoms with van der Waals surface area (Å²) in [7, 11) is 0. The molecule has 0 aromatic heterocycles. The van der Waals surface area contributed by atoms with Crippen LogP contribution in [0.5, 0.6) is 0 Å². The summed E-state index contributed by atoms with van der Waals surface area (Å²) >= 11 is 1.28. The number of hydrogen-bond donors (Lipinski definition) is 2. The van der Waals surface area contributed by atoms with Gasteiger partial charge in [0.05, 0.1) is 35.3 Å². The highest BCUT2D eigenvalue weighted by Gasteiger charge is 2.62. The second-order valence-electron chi connectivity index (χ2n) is 7.62. The molecule has 1 aromatic carbocycles. The van der Waals surface area contributed by atoms with Crippen LogP contribution in [0.3, 0.4) is 0 Å². The Bertz CT molecular complexity index is 826. The average Bonchev–Trinajstić information content (AvgIpc) is 3.05. The van der Waals surface area contributed by atoms with Gasteiger partial charge >= 0.3 is 0 Å². The minimum absolute atomic E-state index is 0.478. The smallest absolute Gasteiger partial charge is 0.276 e. The van der Waals surface area contributed by atoms with Crippen LogP contribution in [0.25, 0.3) is 0 Å². The van der Waals surface area contributed by atoms with Crippen LogP contribution in [0.4, 0.5) is 5.69 Å². The van der Waals surface area contributed by atoms with Gasteiger partial charge in [-0.2, -0.15) is 5.26 Å². The molecular formula is C21H25N3O4S. The van der Waals surface area contributed by atoms with Crippen molar-refractivity contribution in [3.63, 3.8) is 0 Å². The number of nitrogens with zero attached hydrogens (tertiary/aromatic N) is 2. The zero-order chi connectivity index (χ0) is 20.3. The highest BCUT2D eigenvalue weighted by atomic mass is 32.2. The topological polar surface area (TPSA) is 94.8 Å². The summed E-state index contributed by atoms with van der Waals surface area (Å²) < 4.78 is 4.95. The molecule has 3 aliphatic rings. The minimum Gasteiger partial charge on any atom is -0.378 e. The van der Waals surface area contributed by atoms with Gasteiger partial charge in [0.1, 0.15) is 0 Å². The lowest BCUT2D eigenvalue weighted by molar-refractivity contribution is -0.276. The molecule has 1 atom stereocenters. The van der Waals surface area contributed by atoms with Gasteiger partial charge in [-0.1, -0.05) is 49.2 Å². The molecule has 2 aliphatic heterocycles. The molecule has 1 saturated heterocycles. The van der Waals surface area contributed by atoms with E-state index in [4.69, 9.17) is 9.62 Å². The largest absolute Gasteiger partial charge is 0.378 e. The van der Waals surface area contributed by atoms with Gasteiger partial charge in [-0.15, -0.1) is 0 Å². The van der Waals surface area contributed by atoms with Crippen LogP contribution in [-0.2, 0) is 14.4 Å². The Labute approximate surface area is 174 Å². The maximum Gasteiger partial charge on any atom is 0.276 e. The van der Waals surface area contributed by atoms with Crippen LogP contribution in [0, 0.1) is 11.3 Å². The van der Waals surface area contributed by atoms with E-state index in [2.05, 4.69) is 11.4 Å². The van der Waals surface area contributed by atoms with Gasteiger partial charge in [-0.3, -0.25) is 4.79 Å². The van der Waals surface area contributed by atoms with E-state index in [-0.39, 0.29) is 0 Å². The molecule has 1 aromatic rings. The second kappa shape index (κ2) is 8.36. The Hall–Kier alpha value is -2.05. The number of ether oxygens (including phenoxy) is 1. The maximum absolute atomic E-state index is 13.5. The predicted octanol–water partition coefficient (Wildman–Crippen LogP) is 3.37. The zero-order valence-corrected chi connectivity index (χ0v) is 17.0. The van der Waals surface area contributed by atoms with E-state index in [1.165, 1.54) is 11.8 Å². The Balaban J connectivity index is 1.78. The lowest BCUT2D eigenvalue weighted by Crippen LogP contribution is -2.50. The van der Waals surface area contributed by atoms with Gasteiger partial charge in [0.25, 0.3) is 10.8 Å². The van der Waals surface area contributed by atoms with Crippen LogP contribution in [0.15, 0.2) is 41.6 Å². The Kier molecular flexibility index (Phi) is 5.83. The predicted molar refractivity (Wildman–Crippen MR) is 110 cm³/mol. The number of amides is 1. The molecule has 7 nitrogen and oxygen atoms in total. The fourth-order valence-electron chi connectivity index (χ4n) is 4.53. The van der Waals surface area contributed by atoms with Crippen molar-refractivity contribution < 1.29 is 19.7 Å². The second-order valence-corrected chi connectivity index (χ2v) is 9.18. The van der Waals surface area contributed by atoms with E-state index in [1.54, 1.807) is 12.1 Å². The summed E-state index contributed by atoms with van der Waals surface area (Å²) in [5, 5.41) is 23.1. The lowest BCUT2D eigenvalue weighted by Gasteiger charge is -2.37. The summed E-state index contributed by atoms with van der Waals surface area (Å²) in [4.78, 5) is 18.8. The number of carbonyl (C=O) groups is 1. The number of nitriles is 1. The van der Waals surface area contributed by atoms with E-state index < -0.39 is 15.6 Å². The summed E-state index contributed by atoms with van der Waals surface area (Å²) in [6.07, 6.45) is 4.65. The fraction of sp³-hybridized carbons (Fsp3) is 0.524. The number of para-hydroxylation sites is 1. The summed E-state index contributed by atoms with van der Waals surface area (Å²) in [6, 6.07) is 11.5. The first-order valence-electron chi connectivity index (χ1n) is 10.0. The molecule has 154 valence electrons. The van der Waals surface area contributed by atoms with Gasteiger partial charge in [0, 0.05) is 18.8 Å². The van der Waals surface area contributed by atoms with Crippen molar-refractivity contribution in [1.82, 2.24) is 4.90 Å². The molecule has 4 rings (SSSR count). The molecule has 1 aliphatic carbocycles. The molecule has 2 N–H and O–H groups in total. The standard InChI is InChI=1S/C21H25N3O4S/c22-15-17-18(24-11-13-27-14-12-24)21(28-26,29-20(17)9-5-2-6-10-20)19(25)23-16-7-3-1-4-8-16/h1,3-4,7-8,26H,2,5-6,9-14H2,(H,23,25). The van der Waals surface area contributed by atoms with Crippen molar-refractivity contribution in [1.29, 1.82) is 5.26 Å². The molecule has 0 radical (unpaired) electrons. The van der Waals surface area contributed by atoms with Crippen molar-refractivity contribution in [2.75, 3.05) is 31.6 Å². The van der Waals surface area contributed by atoms with Gasteiger partial charge in [-0.05, 0) is 25.0 Å². The zero-order valence-electron chi connectivity index (χ0n) is 16.2. The number of hydrogen-bond acceptors (Lipinski definition) is 7. The quantitative estimate of drug-likeness (QED) is 0.575. The minimum atomic E-state index is -1.68.